The number of carbonyl (C=O) groups excluding carboxylic acids is 4. The fourth-order valence-electron chi connectivity index (χ4n) is 2.56. The van der Waals surface area contributed by atoms with Crippen LogP contribution in [-0.2, 0) is 23.9 Å². The molecular weight excluding hydrogens is 506 g/mol. The molecule has 0 N–H and O–H groups in total. The van der Waals surface area contributed by atoms with Crippen molar-refractivity contribution in [1.82, 2.24) is 4.90 Å². The second kappa shape index (κ2) is 11.9. The first-order chi connectivity index (χ1) is 15.2. The quantitative estimate of drug-likeness (QED) is 0.330. The van der Waals surface area contributed by atoms with Gasteiger partial charge in [0.15, 0.2) is 18.1 Å². The number of halogens is 1. The Morgan fingerprint density at radius 2 is 1.94 bits per heavy atom. The molecule has 0 radical (unpaired) electrons. The number of hydrogen-bond donors (Lipinski definition) is 0. The number of ether oxygens (including phenoxy) is 4. The molecule has 11 heteroatoms. The van der Waals surface area contributed by atoms with Crippen LogP contribution >= 0.6 is 27.7 Å². The third-order valence-electron chi connectivity index (χ3n) is 4.26. The third kappa shape index (κ3) is 6.73. The molecule has 0 bridgehead atoms. The number of imide groups is 1. The number of thioether (sulfide) groups is 1. The van der Waals surface area contributed by atoms with Gasteiger partial charge >= 0.3 is 11.9 Å². The molecule has 1 aromatic rings. The van der Waals surface area contributed by atoms with Crippen molar-refractivity contribution in [2.24, 2.45) is 0 Å². The molecule has 0 aromatic heterocycles. The van der Waals surface area contributed by atoms with Crippen LogP contribution in [0, 0.1) is 0 Å². The topological polar surface area (TPSA) is 108 Å². The highest BCUT2D eigenvalue weighted by Crippen LogP contribution is 2.39. The van der Waals surface area contributed by atoms with Crippen molar-refractivity contribution < 1.29 is 38.1 Å². The van der Waals surface area contributed by atoms with E-state index in [2.05, 4.69) is 15.9 Å². The smallest absolute Gasteiger partial charge is 0.344 e. The fourth-order valence-corrected chi connectivity index (χ4v) is 3.97. The molecule has 0 spiro atoms. The Morgan fingerprint density at radius 3 is 2.56 bits per heavy atom. The number of methoxy groups -OCH3 is 1. The van der Waals surface area contributed by atoms with E-state index in [1.54, 1.807) is 26.0 Å². The standard InChI is InChI=1S/C21H24BrNO8S/c1-5-12(3)31-17(24)10-23-20(26)16(32-21(23)27)9-13-7-14(22)19(15(8-13)28-4)30-11-18(25)29-6-2/h7-9,12H,5-6,10-11H2,1-4H3/b16-9-/t12-/m0/s1. The summed E-state index contributed by atoms with van der Waals surface area (Å²) in [6.07, 6.45) is 1.84. The van der Waals surface area contributed by atoms with Crippen LogP contribution in [0.15, 0.2) is 21.5 Å². The van der Waals surface area contributed by atoms with Crippen molar-refractivity contribution in [1.29, 1.82) is 0 Å². The monoisotopic (exact) mass is 529 g/mol. The Bertz CT molecular complexity index is 933. The summed E-state index contributed by atoms with van der Waals surface area (Å²) in [7, 11) is 1.43. The number of carbonyl (C=O) groups is 4. The van der Waals surface area contributed by atoms with Gasteiger partial charge < -0.3 is 18.9 Å². The first kappa shape index (κ1) is 25.7. The summed E-state index contributed by atoms with van der Waals surface area (Å²) >= 11 is 4.09. The molecule has 2 rings (SSSR count). The van der Waals surface area contributed by atoms with Gasteiger partial charge in [0.25, 0.3) is 11.1 Å². The average Bonchev–Trinajstić information content (AvgIpc) is 2.99. The van der Waals surface area contributed by atoms with E-state index >= 15 is 0 Å². The van der Waals surface area contributed by atoms with Crippen LogP contribution in [0.1, 0.15) is 32.8 Å². The van der Waals surface area contributed by atoms with E-state index in [1.165, 1.54) is 13.2 Å². The largest absolute Gasteiger partial charge is 0.493 e. The summed E-state index contributed by atoms with van der Waals surface area (Å²) in [6.45, 7) is 4.79. The Hall–Kier alpha value is -2.53. The van der Waals surface area contributed by atoms with Crippen LogP contribution < -0.4 is 9.47 Å². The lowest BCUT2D eigenvalue weighted by atomic mass is 10.2. The van der Waals surface area contributed by atoms with Gasteiger partial charge in [-0.3, -0.25) is 19.3 Å². The molecule has 1 fully saturated rings. The fraction of sp³-hybridized carbons (Fsp3) is 0.429. The number of benzene rings is 1. The Labute approximate surface area is 198 Å². The molecule has 0 aliphatic carbocycles. The van der Waals surface area contributed by atoms with E-state index in [4.69, 9.17) is 18.9 Å². The summed E-state index contributed by atoms with van der Waals surface area (Å²) in [5.41, 5.74) is 0.546. The van der Waals surface area contributed by atoms with Gasteiger partial charge in [0.05, 0.1) is 29.2 Å². The van der Waals surface area contributed by atoms with E-state index < -0.39 is 29.6 Å². The molecule has 2 amide bonds. The predicted octanol–water partition coefficient (Wildman–Crippen LogP) is 3.78. The van der Waals surface area contributed by atoms with E-state index in [0.29, 0.717) is 28.0 Å². The lowest BCUT2D eigenvalue weighted by Crippen LogP contribution is -2.35. The summed E-state index contributed by atoms with van der Waals surface area (Å²) in [5.74, 6) is -1.15. The minimum atomic E-state index is -0.643. The van der Waals surface area contributed by atoms with Gasteiger partial charge in [-0.25, -0.2) is 4.79 Å². The van der Waals surface area contributed by atoms with Crippen LogP contribution in [0.2, 0.25) is 0 Å². The minimum Gasteiger partial charge on any atom is -0.493 e. The summed E-state index contributed by atoms with van der Waals surface area (Å²) < 4.78 is 21.3. The van der Waals surface area contributed by atoms with E-state index in [9.17, 15) is 19.2 Å². The van der Waals surface area contributed by atoms with Gasteiger partial charge in [0.2, 0.25) is 0 Å². The maximum absolute atomic E-state index is 12.6. The SMILES string of the molecule is CCOC(=O)COc1c(Br)cc(/C=C2\SC(=O)N(CC(=O)O[C@@H](C)CC)C2=O)cc1OC. The van der Waals surface area contributed by atoms with E-state index in [1.807, 2.05) is 6.92 Å². The average molecular weight is 530 g/mol. The molecule has 1 aromatic carbocycles. The summed E-state index contributed by atoms with van der Waals surface area (Å²) in [5, 5.41) is -0.553. The molecular formula is C21H24BrNO8S. The van der Waals surface area contributed by atoms with Crippen molar-refractivity contribution in [3.63, 3.8) is 0 Å². The minimum absolute atomic E-state index is 0.153. The van der Waals surface area contributed by atoms with Crippen molar-refractivity contribution in [3.8, 4) is 11.5 Å². The molecule has 1 saturated heterocycles. The number of esters is 2. The van der Waals surface area contributed by atoms with Gasteiger partial charge in [0, 0.05) is 0 Å². The first-order valence-electron chi connectivity index (χ1n) is 9.80. The number of rotatable bonds is 10. The molecule has 9 nitrogen and oxygen atoms in total. The van der Waals surface area contributed by atoms with Crippen LogP contribution in [0.5, 0.6) is 11.5 Å². The molecule has 1 aliphatic rings. The maximum atomic E-state index is 12.6. The molecule has 0 unspecified atom stereocenters. The first-order valence-corrected chi connectivity index (χ1v) is 11.4. The normalized spacial score (nSPS) is 15.7. The van der Waals surface area contributed by atoms with Gasteiger partial charge in [-0.05, 0) is 71.7 Å². The molecule has 0 saturated carbocycles. The number of hydrogen-bond acceptors (Lipinski definition) is 9. The second-order valence-corrected chi connectivity index (χ2v) is 8.45. The van der Waals surface area contributed by atoms with Crippen LogP contribution in [0.3, 0.4) is 0 Å². The summed E-state index contributed by atoms with van der Waals surface area (Å²) in [4.78, 5) is 49.4. The van der Waals surface area contributed by atoms with E-state index in [0.717, 1.165) is 16.7 Å². The van der Waals surface area contributed by atoms with Crippen molar-refractivity contribution in [2.75, 3.05) is 26.9 Å². The Morgan fingerprint density at radius 1 is 1.22 bits per heavy atom. The highest BCUT2D eigenvalue weighted by Gasteiger charge is 2.37. The van der Waals surface area contributed by atoms with Crippen molar-refractivity contribution >= 4 is 56.9 Å². The third-order valence-corrected chi connectivity index (χ3v) is 5.75. The Kier molecular flexibility index (Phi) is 9.58. The highest BCUT2D eigenvalue weighted by atomic mass is 79.9. The predicted molar refractivity (Wildman–Crippen MR) is 121 cm³/mol. The zero-order valence-corrected chi connectivity index (χ0v) is 20.5. The molecule has 1 aliphatic heterocycles. The molecule has 32 heavy (non-hydrogen) atoms. The lowest BCUT2D eigenvalue weighted by Gasteiger charge is -2.15. The van der Waals surface area contributed by atoms with E-state index in [-0.39, 0.29) is 24.2 Å². The van der Waals surface area contributed by atoms with Crippen LogP contribution in [0.4, 0.5) is 4.79 Å². The molecule has 174 valence electrons. The van der Waals surface area contributed by atoms with Crippen molar-refractivity contribution in [2.45, 2.75) is 33.3 Å². The van der Waals surface area contributed by atoms with Crippen molar-refractivity contribution in [3.05, 3.63) is 27.1 Å². The molecule has 1 heterocycles. The summed E-state index contributed by atoms with van der Waals surface area (Å²) in [6, 6.07) is 3.24. The lowest BCUT2D eigenvalue weighted by molar-refractivity contribution is -0.150. The zero-order valence-electron chi connectivity index (χ0n) is 18.1. The number of amides is 2. The highest BCUT2D eigenvalue weighted by molar-refractivity contribution is 9.10. The molecule has 1 atom stereocenters. The maximum Gasteiger partial charge on any atom is 0.344 e. The van der Waals surface area contributed by atoms with Gasteiger partial charge in [-0.15, -0.1) is 0 Å². The van der Waals surface area contributed by atoms with Crippen LogP contribution in [-0.4, -0.2) is 61.0 Å². The van der Waals surface area contributed by atoms with Gasteiger partial charge in [0.1, 0.15) is 6.54 Å². The van der Waals surface area contributed by atoms with Gasteiger partial charge in [-0.2, -0.15) is 0 Å². The second-order valence-electron chi connectivity index (χ2n) is 6.60. The zero-order chi connectivity index (χ0) is 23.8. The number of nitrogens with zero attached hydrogens (tertiary/aromatic N) is 1. The Balaban J connectivity index is 2.18. The van der Waals surface area contributed by atoms with Crippen LogP contribution in [0.25, 0.3) is 6.08 Å². The van der Waals surface area contributed by atoms with Gasteiger partial charge in [-0.1, -0.05) is 6.92 Å².